The maximum absolute atomic E-state index is 14.3. The van der Waals surface area contributed by atoms with Crippen LogP contribution >= 0.6 is 46.4 Å². The van der Waals surface area contributed by atoms with Crippen LogP contribution in [0, 0.1) is 24.0 Å². The van der Waals surface area contributed by atoms with Gasteiger partial charge in [-0.25, -0.2) is 24.4 Å². The van der Waals surface area contributed by atoms with E-state index in [1.54, 1.807) is 84.8 Å². The van der Waals surface area contributed by atoms with Crippen LogP contribution in [0.2, 0.25) is 20.4 Å². The molecule has 3 amide bonds. The van der Waals surface area contributed by atoms with Gasteiger partial charge >= 0.3 is 29.4 Å². The summed E-state index contributed by atoms with van der Waals surface area (Å²) < 4.78 is 18.8. The smallest absolute Gasteiger partial charge is 0.410 e. The molecule has 1 N–H and O–H groups in total. The van der Waals surface area contributed by atoms with Crippen molar-refractivity contribution in [2.75, 3.05) is 48.4 Å². The molecule has 0 radical (unpaired) electrons. The monoisotopic (exact) mass is 1230 g/mol. The summed E-state index contributed by atoms with van der Waals surface area (Å²) >= 11 is 25.6. The van der Waals surface area contributed by atoms with Crippen LogP contribution in [-0.2, 0) is 23.8 Å². The Morgan fingerprint density at radius 1 is 0.679 bits per heavy atom. The van der Waals surface area contributed by atoms with Crippen LogP contribution in [0.25, 0.3) is 33.4 Å². The van der Waals surface area contributed by atoms with Gasteiger partial charge in [0.2, 0.25) is 5.91 Å². The number of ether oxygens (including phenoxy) is 3. The van der Waals surface area contributed by atoms with Gasteiger partial charge in [0.1, 0.15) is 45.0 Å². The highest BCUT2D eigenvalue weighted by atomic mass is 35.5. The van der Waals surface area contributed by atoms with E-state index in [-0.39, 0.29) is 86.8 Å². The van der Waals surface area contributed by atoms with Crippen LogP contribution in [0.4, 0.5) is 32.3 Å². The van der Waals surface area contributed by atoms with Gasteiger partial charge < -0.3 is 39.1 Å². The van der Waals surface area contributed by atoms with Gasteiger partial charge in [0.05, 0.1) is 69.0 Å². The third kappa shape index (κ3) is 11.9. The molecule has 0 saturated carbocycles. The SMILES string of the molecule is COC(=O)C1CN(C(=O)OC(C)(C)C)[C@H](C)CN1c1c([N+](=O)[O-])c(=O)n(-c2c(C)ccnc2C(C)C)c2nc(Cl)c(Cl)cc12.Cc1ccnc(C(C)C)c1-n1c(=O)c2c(c3cc(Cl)c(Cl)nc31)N1C[C@@H](C)N(C(=O)OC(C)(C)C)C[C@@H]1C(=O)N2. The second-order valence-corrected chi connectivity index (χ2v) is 25.1. The minimum absolute atomic E-state index is 0.00333. The molecule has 84 heavy (non-hydrogen) atoms. The molecule has 6 aromatic rings. The topological polar surface area (TPSA) is 260 Å². The number of fused-ring (bicyclic) bond motifs is 6. The fourth-order valence-corrected chi connectivity index (χ4v) is 11.3. The van der Waals surface area contributed by atoms with Gasteiger partial charge in [-0.3, -0.25) is 43.6 Å². The Morgan fingerprint density at radius 3 is 1.56 bits per heavy atom. The molecule has 2 fully saturated rings. The Bertz CT molecular complexity index is 3820. The number of nitro groups is 1. The van der Waals surface area contributed by atoms with E-state index in [1.165, 1.54) is 20.4 Å². The van der Waals surface area contributed by atoms with Crippen molar-refractivity contribution in [3.8, 4) is 11.4 Å². The average Bonchev–Trinajstić information content (AvgIpc) is 0.822. The van der Waals surface area contributed by atoms with Crippen molar-refractivity contribution in [1.29, 1.82) is 0 Å². The van der Waals surface area contributed by atoms with Crippen LogP contribution in [0.5, 0.6) is 0 Å². The number of amides is 3. The molecule has 9 rings (SSSR count). The lowest BCUT2D eigenvalue weighted by atomic mass is 9.99. The zero-order valence-corrected chi connectivity index (χ0v) is 52.2. The van der Waals surface area contributed by atoms with Crippen molar-refractivity contribution in [2.24, 2.45) is 0 Å². The molecule has 6 aromatic heterocycles. The molecule has 23 nitrogen and oxygen atoms in total. The highest BCUT2D eigenvalue weighted by Gasteiger charge is 2.47. The fraction of sp³-hybridized carbons (Fsp3) is 0.474. The molecule has 3 aliphatic rings. The number of nitrogens with zero attached hydrogens (tertiary/aromatic N) is 11. The second-order valence-electron chi connectivity index (χ2n) is 23.6. The predicted molar refractivity (Wildman–Crippen MR) is 322 cm³/mol. The summed E-state index contributed by atoms with van der Waals surface area (Å²) in [6.07, 6.45) is 2.13. The van der Waals surface area contributed by atoms with Gasteiger partial charge in [-0.05, 0) is 116 Å². The van der Waals surface area contributed by atoms with E-state index in [0.717, 1.165) is 17.2 Å². The zero-order chi connectivity index (χ0) is 62.1. The number of esters is 1. The molecular weight excluding hydrogens is 1170 g/mol. The minimum Gasteiger partial charge on any atom is -0.467 e. The zero-order valence-electron chi connectivity index (χ0n) is 49.2. The molecule has 0 spiro atoms. The van der Waals surface area contributed by atoms with Gasteiger partial charge in [-0.15, -0.1) is 0 Å². The van der Waals surface area contributed by atoms with Crippen LogP contribution in [-0.4, -0.2) is 137 Å². The standard InChI is InChI=1S/C29H34Cl2N6O7.C28H32Cl2N6O4/c1-14(2)20-21(15(3)9-10-32-20)36-25-17(11-18(30)24(31)33-25)22(23(26(36)38)37(41)42)35-12-16(4)34(13-19(35)27(39)43-8)28(40)44-29(5,6)7;1-13(2)19-21(14(3)8-9-31-19)36-24-16(10-17(29)23(30)33-24)22-20(26(36)38)32-25(37)18-12-34(15(4)11-35(18)22)27(39)40-28(5,6)7/h9-11,14,16,19H,12-13H2,1-8H3;8-10,13,15,18H,11-12H2,1-7H3,(H,32,37)/t16-,19?;15-,18-/m11/s1. The Labute approximate surface area is 504 Å². The van der Waals surface area contributed by atoms with Crippen molar-refractivity contribution in [2.45, 2.75) is 144 Å². The minimum atomic E-state index is -1.25. The molecule has 2 saturated heterocycles. The van der Waals surface area contributed by atoms with E-state index in [2.05, 4.69) is 25.3 Å². The number of anilines is 3. The van der Waals surface area contributed by atoms with E-state index < -0.39 is 75.1 Å². The maximum Gasteiger partial charge on any atom is 0.410 e. The molecule has 3 aliphatic heterocycles. The van der Waals surface area contributed by atoms with Gasteiger partial charge in [0.25, 0.3) is 5.56 Å². The predicted octanol–water partition coefficient (Wildman–Crippen LogP) is 10.7. The summed E-state index contributed by atoms with van der Waals surface area (Å²) in [4.78, 5) is 118. The molecule has 9 heterocycles. The number of halogens is 4. The number of hydrogen-bond donors (Lipinski definition) is 1. The molecular formula is C57H66Cl4N12O11. The van der Waals surface area contributed by atoms with Gasteiger partial charge in [-0.2, -0.15) is 0 Å². The first-order chi connectivity index (χ1) is 39.2. The van der Waals surface area contributed by atoms with Crippen molar-refractivity contribution < 1.29 is 38.3 Å². The molecule has 4 atom stereocenters. The number of hydrogen-bond acceptors (Lipinski definition) is 17. The third-order valence-corrected chi connectivity index (χ3v) is 15.8. The third-order valence-electron chi connectivity index (χ3n) is 14.4. The Kier molecular flexibility index (Phi) is 17.6. The number of rotatable bonds is 7. The summed E-state index contributed by atoms with van der Waals surface area (Å²) in [5, 5.41) is 16.4. The van der Waals surface area contributed by atoms with Gasteiger partial charge in [0, 0.05) is 43.0 Å². The van der Waals surface area contributed by atoms with E-state index in [4.69, 9.17) is 60.6 Å². The Hall–Kier alpha value is -7.34. The largest absolute Gasteiger partial charge is 0.467 e. The summed E-state index contributed by atoms with van der Waals surface area (Å²) in [7, 11) is 1.16. The Morgan fingerprint density at radius 2 is 1.12 bits per heavy atom. The van der Waals surface area contributed by atoms with Crippen LogP contribution < -0.4 is 26.2 Å². The lowest BCUT2D eigenvalue weighted by Gasteiger charge is -2.48. The molecule has 0 aromatic carbocycles. The highest BCUT2D eigenvalue weighted by molar-refractivity contribution is 6.42. The lowest BCUT2D eigenvalue weighted by Crippen LogP contribution is -2.65. The first-order valence-electron chi connectivity index (χ1n) is 27.0. The number of carbonyl (C=O) groups excluding carboxylic acids is 4. The summed E-state index contributed by atoms with van der Waals surface area (Å²) in [5.74, 6) is -1.35. The molecule has 1 unspecified atom stereocenters. The molecule has 0 bridgehead atoms. The number of aromatic nitrogens is 6. The molecule has 27 heteroatoms. The number of piperazine rings is 2. The number of pyridine rings is 6. The summed E-state index contributed by atoms with van der Waals surface area (Å²) in [5.41, 5.74) is 0.474. The number of nitrogens with one attached hydrogen (secondary N) is 1. The quantitative estimate of drug-likeness (QED) is 0.0512. The number of methoxy groups -OCH3 is 1. The van der Waals surface area contributed by atoms with Crippen molar-refractivity contribution in [1.82, 2.24) is 38.9 Å². The fourth-order valence-electron chi connectivity index (χ4n) is 10.7. The number of aryl methyl sites for hydroxylation is 2. The first-order valence-corrected chi connectivity index (χ1v) is 28.6. The summed E-state index contributed by atoms with van der Waals surface area (Å²) in [6.45, 7) is 25.5. The van der Waals surface area contributed by atoms with Crippen molar-refractivity contribution >= 4 is 115 Å². The summed E-state index contributed by atoms with van der Waals surface area (Å²) in [6, 6.07) is 3.63. The molecule has 448 valence electrons. The second kappa shape index (κ2) is 23.6. The van der Waals surface area contributed by atoms with E-state index >= 15 is 0 Å². The van der Waals surface area contributed by atoms with Crippen LogP contribution in [0.1, 0.15) is 117 Å². The van der Waals surface area contributed by atoms with E-state index in [1.807, 2.05) is 52.5 Å². The Balaban J connectivity index is 0.000000220. The van der Waals surface area contributed by atoms with Gasteiger partial charge in [-0.1, -0.05) is 74.1 Å². The van der Waals surface area contributed by atoms with E-state index in [0.29, 0.717) is 45.0 Å². The van der Waals surface area contributed by atoms with Crippen LogP contribution in [0.3, 0.4) is 0 Å². The van der Waals surface area contributed by atoms with Crippen LogP contribution in [0.15, 0.2) is 46.2 Å². The first kappa shape index (κ1) is 62.7. The van der Waals surface area contributed by atoms with Crippen molar-refractivity contribution in [3.63, 3.8) is 0 Å². The maximum atomic E-state index is 14.3. The normalized spacial score (nSPS) is 18.1. The van der Waals surface area contributed by atoms with Crippen molar-refractivity contribution in [3.05, 3.63) is 110 Å². The molecule has 0 aliphatic carbocycles. The van der Waals surface area contributed by atoms with E-state index in [9.17, 15) is 38.9 Å². The highest BCUT2D eigenvalue weighted by Crippen LogP contribution is 2.44. The average molecular weight is 1240 g/mol. The number of carbonyl (C=O) groups is 4. The lowest BCUT2D eigenvalue weighted by molar-refractivity contribution is -0.385. The van der Waals surface area contributed by atoms with Gasteiger partial charge in [0.15, 0.2) is 11.3 Å².